The number of nitrogens with one attached hydrogen (secondary N) is 1. The van der Waals surface area contributed by atoms with Crippen molar-refractivity contribution < 1.29 is 4.39 Å². The van der Waals surface area contributed by atoms with Gasteiger partial charge in [0.1, 0.15) is 11.6 Å². The predicted molar refractivity (Wildman–Crippen MR) is 74.3 cm³/mol. The average molecular weight is 261 g/mol. The Morgan fingerprint density at radius 3 is 2.79 bits per heavy atom. The number of hydrogen-bond donors (Lipinski definition) is 1. The molecule has 0 aliphatic heterocycles. The number of nitrogens with zero attached hydrogens (tertiary/aromatic N) is 2. The number of rotatable bonds is 4. The predicted octanol–water partition coefficient (Wildman–Crippen LogP) is 2.96. The van der Waals surface area contributed by atoms with E-state index in [9.17, 15) is 4.39 Å². The third kappa shape index (κ3) is 4.17. The Morgan fingerprint density at radius 2 is 2.11 bits per heavy atom. The van der Waals surface area contributed by atoms with Gasteiger partial charge in [-0.1, -0.05) is 12.1 Å². The lowest BCUT2D eigenvalue weighted by molar-refractivity contribution is 0.413. The summed E-state index contributed by atoms with van der Waals surface area (Å²) < 4.78 is 15.2. The zero-order valence-corrected chi connectivity index (χ0v) is 11.7. The Kier molecular flexibility index (Phi) is 4.00. The molecule has 0 saturated heterocycles. The fourth-order valence-corrected chi connectivity index (χ4v) is 1.83. The Labute approximate surface area is 113 Å². The van der Waals surface area contributed by atoms with Crippen molar-refractivity contribution in [2.45, 2.75) is 39.4 Å². The second-order valence-electron chi connectivity index (χ2n) is 5.70. The Hall–Kier alpha value is -1.68. The zero-order valence-electron chi connectivity index (χ0n) is 11.7. The van der Waals surface area contributed by atoms with Crippen LogP contribution >= 0.6 is 0 Å². The topological polar surface area (TPSA) is 29.9 Å². The van der Waals surface area contributed by atoms with E-state index in [0.717, 1.165) is 11.4 Å². The molecular formula is C15H20FN3. The Morgan fingerprint density at radius 1 is 1.32 bits per heavy atom. The second-order valence-corrected chi connectivity index (χ2v) is 5.70. The molecule has 4 heteroatoms. The van der Waals surface area contributed by atoms with Crippen molar-refractivity contribution in [3.63, 3.8) is 0 Å². The first kappa shape index (κ1) is 13.7. The van der Waals surface area contributed by atoms with Crippen LogP contribution in [0, 0.1) is 5.82 Å². The number of hydrogen-bond acceptors (Lipinski definition) is 2. The lowest BCUT2D eigenvalue weighted by Gasteiger charge is -2.20. The van der Waals surface area contributed by atoms with Gasteiger partial charge < -0.3 is 9.88 Å². The van der Waals surface area contributed by atoms with Gasteiger partial charge in [-0.05, 0) is 38.5 Å². The van der Waals surface area contributed by atoms with Crippen LogP contribution in [0.5, 0.6) is 0 Å². The van der Waals surface area contributed by atoms with E-state index in [2.05, 4.69) is 31.1 Å². The van der Waals surface area contributed by atoms with Crippen molar-refractivity contribution in [1.82, 2.24) is 14.9 Å². The SMILES string of the molecule is CC(C)(C)NCc1nccn1Cc1cccc(F)c1. The van der Waals surface area contributed by atoms with Gasteiger partial charge in [-0.2, -0.15) is 0 Å². The lowest BCUT2D eigenvalue weighted by atomic mass is 10.1. The summed E-state index contributed by atoms with van der Waals surface area (Å²) in [5, 5.41) is 3.40. The average Bonchev–Trinajstić information content (AvgIpc) is 2.73. The molecule has 1 aromatic carbocycles. The molecular weight excluding hydrogens is 241 g/mol. The van der Waals surface area contributed by atoms with Crippen LogP contribution in [0.3, 0.4) is 0 Å². The standard InChI is InChI=1S/C15H20FN3/c1-15(2,3)18-10-14-17-7-8-19(14)11-12-5-4-6-13(16)9-12/h4-9,18H,10-11H2,1-3H3. The van der Waals surface area contributed by atoms with E-state index < -0.39 is 0 Å². The first-order valence-corrected chi connectivity index (χ1v) is 6.43. The summed E-state index contributed by atoms with van der Waals surface area (Å²) in [6, 6.07) is 6.67. The summed E-state index contributed by atoms with van der Waals surface area (Å²) in [4.78, 5) is 4.34. The molecule has 1 heterocycles. The monoisotopic (exact) mass is 261 g/mol. The van der Waals surface area contributed by atoms with E-state index in [1.165, 1.54) is 6.07 Å². The van der Waals surface area contributed by atoms with Crippen LogP contribution in [-0.4, -0.2) is 15.1 Å². The van der Waals surface area contributed by atoms with E-state index >= 15 is 0 Å². The van der Waals surface area contributed by atoms with Crippen molar-refractivity contribution >= 4 is 0 Å². The smallest absolute Gasteiger partial charge is 0.123 e. The fraction of sp³-hybridized carbons (Fsp3) is 0.400. The van der Waals surface area contributed by atoms with Gasteiger partial charge in [-0.15, -0.1) is 0 Å². The molecule has 0 aliphatic carbocycles. The number of imidazole rings is 1. The number of benzene rings is 1. The molecule has 0 aliphatic rings. The molecule has 0 radical (unpaired) electrons. The minimum absolute atomic E-state index is 0.0512. The van der Waals surface area contributed by atoms with Crippen LogP contribution in [0.1, 0.15) is 32.2 Å². The van der Waals surface area contributed by atoms with Crippen LogP contribution < -0.4 is 5.32 Å². The van der Waals surface area contributed by atoms with Crippen molar-refractivity contribution in [2.24, 2.45) is 0 Å². The molecule has 0 unspecified atom stereocenters. The van der Waals surface area contributed by atoms with E-state index in [1.54, 1.807) is 18.3 Å². The summed E-state index contributed by atoms with van der Waals surface area (Å²) in [7, 11) is 0. The Bertz CT molecular complexity index is 540. The minimum atomic E-state index is -0.202. The Balaban J connectivity index is 2.07. The van der Waals surface area contributed by atoms with Gasteiger partial charge >= 0.3 is 0 Å². The zero-order chi connectivity index (χ0) is 13.9. The molecule has 19 heavy (non-hydrogen) atoms. The normalized spacial score (nSPS) is 11.8. The molecule has 2 rings (SSSR count). The summed E-state index contributed by atoms with van der Waals surface area (Å²) in [6.07, 6.45) is 3.70. The third-order valence-corrected chi connectivity index (χ3v) is 2.82. The highest BCUT2D eigenvalue weighted by Crippen LogP contribution is 2.09. The maximum Gasteiger partial charge on any atom is 0.123 e. The molecule has 3 nitrogen and oxygen atoms in total. The van der Waals surface area contributed by atoms with E-state index in [-0.39, 0.29) is 11.4 Å². The van der Waals surface area contributed by atoms with Crippen LogP contribution in [0.2, 0.25) is 0 Å². The van der Waals surface area contributed by atoms with Crippen molar-refractivity contribution in [2.75, 3.05) is 0 Å². The summed E-state index contributed by atoms with van der Waals surface area (Å²) >= 11 is 0. The maximum absolute atomic E-state index is 13.2. The quantitative estimate of drug-likeness (QED) is 0.917. The molecule has 0 fully saturated rings. The molecule has 2 aromatic rings. The first-order valence-electron chi connectivity index (χ1n) is 6.43. The number of aromatic nitrogens is 2. The fourth-order valence-electron chi connectivity index (χ4n) is 1.83. The van der Waals surface area contributed by atoms with Crippen molar-refractivity contribution in [3.8, 4) is 0 Å². The van der Waals surface area contributed by atoms with E-state index in [0.29, 0.717) is 13.1 Å². The first-order chi connectivity index (χ1) is 8.94. The summed E-state index contributed by atoms with van der Waals surface area (Å²) in [5.74, 6) is 0.756. The van der Waals surface area contributed by atoms with Crippen molar-refractivity contribution in [3.05, 3.63) is 53.9 Å². The van der Waals surface area contributed by atoms with E-state index in [1.807, 2.05) is 16.8 Å². The van der Waals surface area contributed by atoms with Crippen LogP contribution in [0.15, 0.2) is 36.7 Å². The highest BCUT2D eigenvalue weighted by atomic mass is 19.1. The molecule has 1 aromatic heterocycles. The van der Waals surface area contributed by atoms with Gasteiger partial charge in [0, 0.05) is 24.5 Å². The summed E-state index contributed by atoms with van der Waals surface area (Å²) in [5.41, 5.74) is 0.991. The molecule has 0 bridgehead atoms. The highest BCUT2D eigenvalue weighted by Gasteiger charge is 2.11. The second kappa shape index (κ2) is 5.53. The number of halogens is 1. The molecule has 0 amide bonds. The van der Waals surface area contributed by atoms with Crippen LogP contribution in [0.25, 0.3) is 0 Å². The highest BCUT2D eigenvalue weighted by molar-refractivity contribution is 5.17. The third-order valence-electron chi connectivity index (χ3n) is 2.82. The van der Waals surface area contributed by atoms with Gasteiger partial charge in [-0.3, -0.25) is 0 Å². The molecule has 1 N–H and O–H groups in total. The van der Waals surface area contributed by atoms with Gasteiger partial charge in [0.25, 0.3) is 0 Å². The van der Waals surface area contributed by atoms with Gasteiger partial charge in [0.05, 0.1) is 6.54 Å². The van der Waals surface area contributed by atoms with Crippen molar-refractivity contribution in [1.29, 1.82) is 0 Å². The largest absolute Gasteiger partial charge is 0.329 e. The molecule has 102 valence electrons. The maximum atomic E-state index is 13.2. The molecule has 0 spiro atoms. The van der Waals surface area contributed by atoms with Gasteiger partial charge in [0.15, 0.2) is 0 Å². The van der Waals surface area contributed by atoms with E-state index in [4.69, 9.17) is 0 Å². The van der Waals surface area contributed by atoms with Crippen LogP contribution in [-0.2, 0) is 13.1 Å². The molecule has 0 saturated carbocycles. The lowest BCUT2D eigenvalue weighted by Crippen LogP contribution is -2.36. The summed E-state index contributed by atoms with van der Waals surface area (Å²) in [6.45, 7) is 7.69. The molecule has 0 atom stereocenters. The minimum Gasteiger partial charge on any atom is -0.329 e. The van der Waals surface area contributed by atoms with Gasteiger partial charge in [-0.25, -0.2) is 9.37 Å². The van der Waals surface area contributed by atoms with Crippen LogP contribution in [0.4, 0.5) is 4.39 Å². The van der Waals surface area contributed by atoms with Gasteiger partial charge in [0.2, 0.25) is 0 Å².